The molecule has 0 aromatic rings. The molecule has 100 valence electrons. The lowest BCUT2D eigenvalue weighted by Gasteiger charge is -2.29. The van der Waals surface area contributed by atoms with E-state index >= 15 is 0 Å². The lowest BCUT2D eigenvalue weighted by molar-refractivity contribution is -0.121. The van der Waals surface area contributed by atoms with Crippen LogP contribution in [0.1, 0.15) is 26.7 Å². The summed E-state index contributed by atoms with van der Waals surface area (Å²) in [5, 5.41) is 5.11. The van der Waals surface area contributed by atoms with E-state index in [0.29, 0.717) is 5.92 Å². The van der Waals surface area contributed by atoms with Gasteiger partial charge in [-0.3, -0.25) is 4.79 Å². The van der Waals surface area contributed by atoms with E-state index in [4.69, 9.17) is 0 Å². The minimum absolute atomic E-state index is 0.0359. The summed E-state index contributed by atoms with van der Waals surface area (Å²) in [6.07, 6.45) is 3.13. The first kappa shape index (κ1) is 14.4. The Morgan fingerprint density at radius 2 is 1.82 bits per heavy atom. The van der Waals surface area contributed by atoms with Crippen LogP contribution in [0.5, 0.6) is 0 Å². The Balaban J connectivity index is 2.50. The van der Waals surface area contributed by atoms with Gasteiger partial charge < -0.3 is 10.6 Å². The van der Waals surface area contributed by atoms with E-state index < -0.39 is 21.0 Å². The van der Waals surface area contributed by atoms with Gasteiger partial charge in [0.2, 0.25) is 5.91 Å². The molecule has 0 aromatic carbocycles. The third kappa shape index (κ3) is 4.27. The summed E-state index contributed by atoms with van der Waals surface area (Å²) in [6.45, 7) is 5.31. The SMILES string of the molecule is CC(NC(=O)C(C)S(C)(=O)=O)C1CCNCC1. The average Bonchev–Trinajstić information content (AvgIpc) is 2.27. The van der Waals surface area contributed by atoms with E-state index in [9.17, 15) is 13.2 Å². The topological polar surface area (TPSA) is 75.3 Å². The molecule has 17 heavy (non-hydrogen) atoms. The van der Waals surface area contributed by atoms with Gasteiger partial charge in [0, 0.05) is 12.3 Å². The number of hydrogen-bond acceptors (Lipinski definition) is 4. The zero-order chi connectivity index (χ0) is 13.1. The second-order valence-corrected chi connectivity index (χ2v) is 7.22. The van der Waals surface area contributed by atoms with Gasteiger partial charge in [-0.15, -0.1) is 0 Å². The maximum Gasteiger partial charge on any atom is 0.238 e. The summed E-state index contributed by atoms with van der Waals surface area (Å²) in [4.78, 5) is 11.7. The molecule has 1 aliphatic rings. The molecule has 1 saturated heterocycles. The van der Waals surface area contributed by atoms with Gasteiger partial charge in [-0.1, -0.05) is 0 Å². The quantitative estimate of drug-likeness (QED) is 0.743. The molecule has 2 unspecified atom stereocenters. The van der Waals surface area contributed by atoms with Crippen molar-refractivity contribution in [3.05, 3.63) is 0 Å². The van der Waals surface area contributed by atoms with Gasteiger partial charge >= 0.3 is 0 Å². The molecular formula is C11H22N2O3S. The van der Waals surface area contributed by atoms with Gasteiger partial charge in [-0.25, -0.2) is 8.42 Å². The minimum Gasteiger partial charge on any atom is -0.352 e. The van der Waals surface area contributed by atoms with Gasteiger partial charge in [0.05, 0.1) is 0 Å². The van der Waals surface area contributed by atoms with Crippen molar-refractivity contribution in [1.29, 1.82) is 0 Å². The molecule has 2 atom stereocenters. The van der Waals surface area contributed by atoms with Crippen molar-refractivity contribution in [3.8, 4) is 0 Å². The predicted molar refractivity (Wildman–Crippen MR) is 67.5 cm³/mol. The maximum atomic E-state index is 11.7. The largest absolute Gasteiger partial charge is 0.352 e. The number of amides is 1. The Labute approximate surface area is 103 Å². The number of carbonyl (C=O) groups excluding carboxylic acids is 1. The number of nitrogens with one attached hydrogen (secondary N) is 2. The minimum atomic E-state index is -3.30. The average molecular weight is 262 g/mol. The molecule has 1 aliphatic heterocycles. The van der Waals surface area contributed by atoms with Crippen LogP contribution in [0.3, 0.4) is 0 Å². The van der Waals surface area contributed by atoms with Crippen molar-refractivity contribution >= 4 is 15.7 Å². The van der Waals surface area contributed by atoms with Gasteiger partial charge in [-0.05, 0) is 45.7 Å². The van der Waals surface area contributed by atoms with Gasteiger partial charge in [0.15, 0.2) is 9.84 Å². The van der Waals surface area contributed by atoms with Gasteiger partial charge in [0.1, 0.15) is 5.25 Å². The fraction of sp³-hybridized carbons (Fsp3) is 0.909. The monoisotopic (exact) mass is 262 g/mol. The first-order chi connectivity index (χ1) is 7.82. The van der Waals surface area contributed by atoms with Crippen LogP contribution in [0.15, 0.2) is 0 Å². The molecule has 2 N–H and O–H groups in total. The summed E-state index contributed by atoms with van der Waals surface area (Å²) in [7, 11) is -3.30. The molecule has 1 heterocycles. The predicted octanol–water partition coefficient (Wildman–Crippen LogP) is -0.0762. The van der Waals surface area contributed by atoms with Crippen LogP contribution in [0.2, 0.25) is 0 Å². The van der Waals surface area contributed by atoms with Crippen molar-refractivity contribution < 1.29 is 13.2 Å². The highest BCUT2D eigenvalue weighted by Crippen LogP contribution is 2.16. The van der Waals surface area contributed by atoms with E-state index in [1.165, 1.54) is 6.92 Å². The van der Waals surface area contributed by atoms with Crippen molar-refractivity contribution in [2.45, 2.75) is 38.0 Å². The molecule has 0 saturated carbocycles. The number of piperidine rings is 1. The van der Waals surface area contributed by atoms with Crippen molar-refractivity contribution in [2.75, 3.05) is 19.3 Å². The molecule has 0 bridgehead atoms. The zero-order valence-corrected chi connectivity index (χ0v) is 11.5. The second kappa shape index (κ2) is 5.82. The fourth-order valence-corrected chi connectivity index (χ4v) is 2.46. The number of carbonyl (C=O) groups is 1. The molecule has 0 aliphatic carbocycles. The van der Waals surface area contributed by atoms with Gasteiger partial charge in [0.25, 0.3) is 0 Å². The molecule has 1 rings (SSSR count). The maximum absolute atomic E-state index is 11.7. The third-order valence-electron chi connectivity index (χ3n) is 3.47. The number of sulfone groups is 1. The van der Waals surface area contributed by atoms with Crippen molar-refractivity contribution in [2.24, 2.45) is 5.92 Å². The van der Waals surface area contributed by atoms with Crippen LogP contribution in [0, 0.1) is 5.92 Å². The highest BCUT2D eigenvalue weighted by Gasteiger charge is 2.27. The first-order valence-corrected chi connectivity index (χ1v) is 7.97. The Kier molecular flexibility index (Phi) is 4.94. The van der Waals surface area contributed by atoms with E-state index in [1.807, 2.05) is 6.92 Å². The van der Waals surface area contributed by atoms with Crippen LogP contribution < -0.4 is 10.6 Å². The second-order valence-electron chi connectivity index (χ2n) is 4.86. The van der Waals surface area contributed by atoms with Crippen molar-refractivity contribution in [1.82, 2.24) is 10.6 Å². The van der Waals surface area contributed by atoms with Crippen LogP contribution in [-0.2, 0) is 14.6 Å². The summed E-state index contributed by atoms with van der Waals surface area (Å²) >= 11 is 0. The summed E-state index contributed by atoms with van der Waals surface area (Å²) in [5.74, 6) is 0.0468. The first-order valence-electron chi connectivity index (χ1n) is 6.02. The highest BCUT2D eigenvalue weighted by molar-refractivity contribution is 7.92. The van der Waals surface area contributed by atoms with Crippen LogP contribution in [0.25, 0.3) is 0 Å². The lowest BCUT2D eigenvalue weighted by atomic mass is 9.91. The molecular weight excluding hydrogens is 240 g/mol. The smallest absolute Gasteiger partial charge is 0.238 e. The summed E-state index contributed by atoms with van der Waals surface area (Å²) in [5.41, 5.74) is 0. The Bertz CT molecular complexity index is 361. The summed E-state index contributed by atoms with van der Waals surface area (Å²) in [6, 6.07) is 0.0359. The van der Waals surface area contributed by atoms with E-state index in [-0.39, 0.29) is 6.04 Å². The standard InChI is InChI=1S/C11H22N2O3S/c1-8(10-4-6-12-7-5-10)13-11(14)9(2)17(3,15)16/h8-10,12H,4-7H2,1-3H3,(H,13,14). The third-order valence-corrected chi connectivity index (χ3v) is 4.97. The van der Waals surface area contributed by atoms with E-state index in [0.717, 1.165) is 32.2 Å². The fourth-order valence-electron chi connectivity index (χ4n) is 2.00. The van der Waals surface area contributed by atoms with Gasteiger partial charge in [-0.2, -0.15) is 0 Å². The number of hydrogen-bond donors (Lipinski definition) is 2. The Morgan fingerprint density at radius 1 is 1.29 bits per heavy atom. The normalized spacial score (nSPS) is 21.8. The number of rotatable bonds is 4. The highest BCUT2D eigenvalue weighted by atomic mass is 32.2. The Hall–Kier alpha value is -0.620. The van der Waals surface area contributed by atoms with E-state index in [1.54, 1.807) is 0 Å². The Morgan fingerprint density at radius 3 is 2.29 bits per heavy atom. The van der Waals surface area contributed by atoms with E-state index in [2.05, 4.69) is 10.6 Å². The van der Waals surface area contributed by atoms with Crippen molar-refractivity contribution in [3.63, 3.8) is 0 Å². The molecule has 0 aromatic heterocycles. The van der Waals surface area contributed by atoms with Crippen LogP contribution in [0.4, 0.5) is 0 Å². The summed E-state index contributed by atoms with van der Waals surface area (Å²) < 4.78 is 22.5. The molecule has 1 amide bonds. The molecule has 1 fully saturated rings. The molecule has 5 nitrogen and oxygen atoms in total. The molecule has 0 spiro atoms. The zero-order valence-electron chi connectivity index (χ0n) is 10.7. The lowest BCUT2D eigenvalue weighted by Crippen LogP contribution is -2.47. The molecule has 0 radical (unpaired) electrons. The molecule has 6 heteroatoms. The van der Waals surface area contributed by atoms with Crippen LogP contribution >= 0.6 is 0 Å². The van der Waals surface area contributed by atoms with Crippen LogP contribution in [-0.4, -0.2) is 45.0 Å².